The minimum Gasteiger partial charge on any atom is -0.324 e. The second kappa shape index (κ2) is 10.7. The molecule has 222 valence electrons. The van der Waals surface area contributed by atoms with Gasteiger partial charge < -0.3 is 9.97 Å². The number of nitrogens with zero attached hydrogens (tertiary/aromatic N) is 6. The fraction of sp³-hybridized carbons (Fsp3) is 0. The predicted octanol–water partition coefficient (Wildman–Crippen LogP) is 7.20. The van der Waals surface area contributed by atoms with E-state index in [0.717, 1.165) is 26.1 Å². The van der Waals surface area contributed by atoms with Gasteiger partial charge in [0, 0.05) is 33.0 Å². The van der Waals surface area contributed by atoms with Gasteiger partial charge in [-0.05, 0) is 0 Å². The van der Waals surface area contributed by atoms with E-state index in [4.69, 9.17) is 20.0 Å². The molecule has 7 aromatic rings. The Kier molecular flexibility index (Phi) is 6.58. The summed E-state index contributed by atoms with van der Waals surface area (Å²) < 4.78 is 59.9. The van der Waals surface area contributed by atoms with Crippen molar-refractivity contribution in [3.63, 3.8) is 0 Å². The van der Waals surface area contributed by atoms with Crippen LogP contribution in [0, 0.1) is 23.3 Å². The maximum Gasteiger partial charge on any atom is 0.353 e. The van der Waals surface area contributed by atoms with Crippen molar-refractivity contribution < 1.29 is 17.6 Å². The van der Waals surface area contributed by atoms with E-state index in [9.17, 15) is 8.78 Å². The molecular weight excluding hydrogens is 635 g/mol. The number of hydrogen-bond acceptors (Lipinski definition) is 6. The molecule has 46 heavy (non-hydrogen) atoms. The highest BCUT2D eigenvalue weighted by molar-refractivity contribution is 6.80. The third-order valence-corrected chi connectivity index (χ3v) is 7.76. The van der Waals surface area contributed by atoms with Crippen molar-refractivity contribution in [3.8, 4) is 45.6 Å². The van der Waals surface area contributed by atoms with Crippen LogP contribution in [0.4, 0.5) is 17.6 Å². The molecule has 0 amide bonds. The van der Waals surface area contributed by atoms with E-state index in [1.54, 1.807) is 48.5 Å². The summed E-state index contributed by atoms with van der Waals surface area (Å²) in [5.41, 5.74) is 2.73. The normalized spacial score (nSPS) is 11.7. The largest absolute Gasteiger partial charge is 0.353 e. The Morgan fingerprint density at radius 2 is 0.717 bits per heavy atom. The molecule has 0 fully saturated rings. The minimum atomic E-state index is -1.97. The zero-order valence-corrected chi connectivity index (χ0v) is 26.3. The quantitative estimate of drug-likeness (QED) is 0.0778. The van der Waals surface area contributed by atoms with Gasteiger partial charge in [-0.2, -0.15) is 0 Å². The maximum atomic E-state index is 15.4. The van der Waals surface area contributed by atoms with Crippen molar-refractivity contribution in [2.24, 2.45) is 0 Å². The molecule has 2 aliphatic rings. The lowest BCUT2D eigenvalue weighted by Gasteiger charge is -2.00. The highest BCUT2D eigenvalue weighted by atomic mass is 35.6. The first-order valence-electron chi connectivity index (χ1n) is 13.8. The van der Waals surface area contributed by atoms with E-state index in [-0.39, 0.29) is 22.9 Å². The van der Waals surface area contributed by atoms with E-state index in [1.165, 1.54) is 0 Å². The Morgan fingerprint density at radius 3 is 1.09 bits per heavy atom. The fourth-order valence-corrected chi connectivity index (χ4v) is 5.75. The second-order valence-corrected chi connectivity index (χ2v) is 10.3. The average molecular weight is 651 g/mol. The van der Waals surface area contributed by atoms with Gasteiger partial charge in [0.15, 0.2) is 46.6 Å². The first-order valence-corrected chi connectivity index (χ1v) is 16.8. The summed E-state index contributed by atoms with van der Waals surface area (Å²) in [6.45, 7) is 0. The van der Waals surface area contributed by atoms with Gasteiger partial charge in [0.05, 0.1) is 10.8 Å². The number of nitrogens with one attached hydrogen (secondary N) is 2. The molecule has 0 saturated carbocycles. The molecule has 5 heterocycles. The maximum absolute atomic E-state index is 15.4. The van der Waals surface area contributed by atoms with Crippen LogP contribution in [0.5, 0.6) is 0 Å². The van der Waals surface area contributed by atoms with Crippen molar-refractivity contribution in [2.75, 3.05) is 0 Å². The molecule has 2 aliphatic heterocycles. The molecule has 0 radical (unpaired) electrons. The first kappa shape index (κ1) is 28.3. The topological polar surface area (TPSA) is 109 Å². The SMILES string of the molecule is Fc1c(F)c(F)c2c3nc4nc(nc5[nH]c(nc6nc(nc([nH]3)c2c1F)-c1ccccc1-6)c1ccccc51)-c1ccccc1-4.[AlH2][Cl]. The highest BCUT2D eigenvalue weighted by Gasteiger charge is 2.27. The third-order valence-electron chi connectivity index (χ3n) is 7.76. The molecule has 3 aromatic heterocycles. The standard InChI is InChI=1S/C32H14F4N8.Al.ClH.2H/c33-21-19-20(22(34)24(36)23(21)35)32-43-30-18-12-6-4-10-16(18)28(41-30)39-26-14-8-2-1-7-13(14)25(37-26)38-27-15-9-3-5-11-17(15)29(40-27)42-31(19)44-32;;;;/h1-12H,(H2,37,38,39,40,41,42,43,44);;1H;;/q;+1;;;/p-1. The molecule has 0 atom stereocenters. The monoisotopic (exact) mass is 650 g/mol. The molecule has 0 unspecified atom stereocenters. The van der Waals surface area contributed by atoms with Gasteiger partial charge in [0.2, 0.25) is 0 Å². The molecule has 8 bridgehead atoms. The van der Waals surface area contributed by atoms with E-state index in [0.29, 0.717) is 45.2 Å². The van der Waals surface area contributed by atoms with Gasteiger partial charge in [-0.3, -0.25) is 10.0 Å². The van der Waals surface area contributed by atoms with Gasteiger partial charge in [0.25, 0.3) is 0 Å². The van der Waals surface area contributed by atoms with Crippen LogP contribution in [0.15, 0.2) is 72.8 Å². The van der Waals surface area contributed by atoms with Crippen molar-refractivity contribution in [1.29, 1.82) is 0 Å². The molecule has 8 nitrogen and oxygen atoms in total. The summed E-state index contributed by atoms with van der Waals surface area (Å²) in [6, 6.07) is 21.8. The highest BCUT2D eigenvalue weighted by Crippen LogP contribution is 2.38. The number of halogens is 5. The van der Waals surface area contributed by atoms with E-state index < -0.39 is 34.0 Å². The van der Waals surface area contributed by atoms with Gasteiger partial charge in [-0.25, -0.2) is 47.5 Å². The Hall–Kier alpha value is -5.22. The number of aromatic amines is 2. The number of aromatic nitrogens is 8. The molecule has 9 rings (SSSR count). The Labute approximate surface area is 267 Å². The van der Waals surface area contributed by atoms with Gasteiger partial charge in [0.1, 0.15) is 22.6 Å². The minimum absolute atomic E-state index is 0.102. The van der Waals surface area contributed by atoms with Crippen LogP contribution in [-0.4, -0.2) is 55.2 Å². The zero-order chi connectivity index (χ0) is 31.7. The van der Waals surface area contributed by atoms with Gasteiger partial charge in [-0.15, -0.1) is 0 Å². The summed E-state index contributed by atoms with van der Waals surface area (Å²) in [7, 11) is 4.78. The van der Waals surface area contributed by atoms with Gasteiger partial charge >= 0.3 is 15.4 Å². The van der Waals surface area contributed by atoms with Crippen LogP contribution >= 0.6 is 10.0 Å². The van der Waals surface area contributed by atoms with Crippen LogP contribution < -0.4 is 0 Å². The van der Waals surface area contributed by atoms with Crippen molar-refractivity contribution in [3.05, 3.63) is 96.1 Å². The van der Waals surface area contributed by atoms with Gasteiger partial charge in [-0.1, -0.05) is 72.8 Å². The molecule has 2 N–H and O–H groups in total. The Balaban J connectivity index is 0.00000153. The van der Waals surface area contributed by atoms with Crippen molar-refractivity contribution in [1.82, 2.24) is 39.9 Å². The van der Waals surface area contributed by atoms with Crippen LogP contribution in [0.1, 0.15) is 0 Å². The van der Waals surface area contributed by atoms with E-state index in [1.807, 2.05) is 24.3 Å². The second-order valence-electron chi connectivity index (χ2n) is 10.3. The van der Waals surface area contributed by atoms with E-state index in [2.05, 4.69) is 29.9 Å². The number of hydrogen-bond donors (Lipinski definition) is 2. The molecule has 0 spiro atoms. The lowest BCUT2D eigenvalue weighted by atomic mass is 10.1. The van der Waals surface area contributed by atoms with Crippen LogP contribution in [0.25, 0.3) is 89.7 Å². The number of fused-ring (bicyclic) bond motifs is 20. The summed E-state index contributed by atoms with van der Waals surface area (Å²) in [4.78, 5) is 33.9. The Bertz CT molecular complexity index is 2410. The average Bonchev–Trinajstić information content (AvgIpc) is 3.83. The molecule has 4 aromatic carbocycles. The third kappa shape index (κ3) is 4.13. The number of H-pyrrole nitrogens is 2. The zero-order valence-electron chi connectivity index (χ0n) is 23.5. The van der Waals surface area contributed by atoms with Crippen LogP contribution in [-0.2, 0) is 0 Å². The lowest BCUT2D eigenvalue weighted by molar-refractivity contribution is 0.418. The first-order chi connectivity index (χ1) is 22.5. The summed E-state index contributed by atoms with van der Waals surface area (Å²) >= 11 is 0.778. The van der Waals surface area contributed by atoms with Crippen LogP contribution in [0.3, 0.4) is 0 Å². The number of benzene rings is 4. The Morgan fingerprint density at radius 1 is 0.413 bits per heavy atom. The van der Waals surface area contributed by atoms with Crippen LogP contribution in [0.2, 0.25) is 0 Å². The van der Waals surface area contributed by atoms with E-state index >= 15 is 8.78 Å². The smallest absolute Gasteiger partial charge is 0.324 e. The van der Waals surface area contributed by atoms with Crippen molar-refractivity contribution in [2.45, 2.75) is 0 Å². The molecule has 0 aliphatic carbocycles. The predicted molar refractivity (Wildman–Crippen MR) is 170 cm³/mol. The molecule has 0 saturated heterocycles. The fourth-order valence-electron chi connectivity index (χ4n) is 5.75. The lowest BCUT2D eigenvalue weighted by Crippen LogP contribution is -1.97. The molecular formula is C32H16AlClF4N8. The number of rotatable bonds is 0. The summed E-state index contributed by atoms with van der Waals surface area (Å²) in [5, 5.41) is 0.346. The molecule has 14 heteroatoms. The summed E-state index contributed by atoms with van der Waals surface area (Å²) in [5.74, 6) is -6.36. The van der Waals surface area contributed by atoms with Crippen molar-refractivity contribution >= 4 is 69.6 Å². The summed E-state index contributed by atoms with van der Waals surface area (Å²) in [6.07, 6.45) is 0.